The Morgan fingerprint density at radius 3 is 2.59 bits per heavy atom. The van der Waals surface area contributed by atoms with Crippen LogP contribution in [0.3, 0.4) is 0 Å². The summed E-state index contributed by atoms with van der Waals surface area (Å²) in [6.45, 7) is 2.01. The lowest BCUT2D eigenvalue weighted by molar-refractivity contribution is 0.0930. The maximum atomic E-state index is 12.0. The molecule has 1 heterocycles. The number of nitrogens with one attached hydrogen (secondary N) is 1. The van der Waals surface area contributed by atoms with Crippen molar-refractivity contribution in [1.82, 2.24) is 5.32 Å². The minimum atomic E-state index is -0.0751. The molecule has 0 aliphatic carbocycles. The monoisotopic (exact) mass is 229 g/mol. The van der Waals surface area contributed by atoms with E-state index in [4.69, 9.17) is 4.42 Å². The van der Waals surface area contributed by atoms with Crippen LogP contribution in [0.25, 0.3) is 0 Å². The van der Waals surface area contributed by atoms with Gasteiger partial charge in [0.15, 0.2) is 0 Å². The average molecular weight is 229 g/mol. The summed E-state index contributed by atoms with van der Waals surface area (Å²) >= 11 is 0. The lowest BCUT2D eigenvalue weighted by Gasteiger charge is -2.14. The van der Waals surface area contributed by atoms with Gasteiger partial charge in [0.05, 0.1) is 12.3 Å². The van der Waals surface area contributed by atoms with Gasteiger partial charge in [-0.1, -0.05) is 25.1 Å². The van der Waals surface area contributed by atoms with Gasteiger partial charge in [0.1, 0.15) is 5.76 Å². The van der Waals surface area contributed by atoms with Crippen LogP contribution in [-0.2, 0) is 0 Å². The third-order valence-corrected chi connectivity index (χ3v) is 2.64. The Hall–Kier alpha value is -2.03. The smallest absolute Gasteiger partial charge is 0.251 e. The van der Waals surface area contributed by atoms with Gasteiger partial charge in [0.2, 0.25) is 0 Å². The van der Waals surface area contributed by atoms with Crippen LogP contribution in [0.2, 0.25) is 0 Å². The van der Waals surface area contributed by atoms with Crippen LogP contribution in [0.15, 0.2) is 53.1 Å². The highest BCUT2D eigenvalue weighted by Crippen LogP contribution is 2.17. The average Bonchev–Trinajstić information content (AvgIpc) is 2.90. The normalized spacial score (nSPS) is 12.1. The Balaban J connectivity index is 2.08. The quantitative estimate of drug-likeness (QED) is 0.875. The Morgan fingerprint density at radius 1 is 1.24 bits per heavy atom. The molecule has 1 amide bonds. The first-order chi connectivity index (χ1) is 8.31. The third-order valence-electron chi connectivity index (χ3n) is 2.64. The van der Waals surface area contributed by atoms with E-state index in [2.05, 4.69) is 5.32 Å². The molecule has 2 rings (SSSR count). The van der Waals surface area contributed by atoms with Gasteiger partial charge in [-0.15, -0.1) is 0 Å². The van der Waals surface area contributed by atoms with Crippen molar-refractivity contribution in [3.63, 3.8) is 0 Å². The highest BCUT2D eigenvalue weighted by atomic mass is 16.3. The fraction of sp³-hybridized carbons (Fsp3) is 0.214. The van der Waals surface area contributed by atoms with E-state index in [0.717, 1.165) is 12.2 Å². The first kappa shape index (κ1) is 11.5. The van der Waals surface area contributed by atoms with Crippen LogP contribution >= 0.6 is 0 Å². The molecule has 3 heteroatoms. The summed E-state index contributed by atoms with van der Waals surface area (Å²) in [6, 6.07) is 12.8. The van der Waals surface area contributed by atoms with Gasteiger partial charge < -0.3 is 9.73 Å². The summed E-state index contributed by atoms with van der Waals surface area (Å²) in [5.74, 6) is 0.714. The molecule has 0 saturated carbocycles. The van der Waals surface area contributed by atoms with Gasteiger partial charge in [-0.05, 0) is 30.7 Å². The molecule has 0 unspecified atom stereocenters. The highest BCUT2D eigenvalue weighted by molar-refractivity contribution is 5.94. The van der Waals surface area contributed by atoms with Gasteiger partial charge >= 0.3 is 0 Å². The first-order valence-electron chi connectivity index (χ1n) is 5.70. The summed E-state index contributed by atoms with van der Waals surface area (Å²) in [4.78, 5) is 12.0. The second kappa shape index (κ2) is 5.34. The van der Waals surface area contributed by atoms with Crippen molar-refractivity contribution in [2.24, 2.45) is 0 Å². The van der Waals surface area contributed by atoms with E-state index in [1.165, 1.54) is 0 Å². The van der Waals surface area contributed by atoms with Gasteiger partial charge in [0, 0.05) is 5.56 Å². The molecular weight excluding hydrogens is 214 g/mol. The summed E-state index contributed by atoms with van der Waals surface area (Å²) in [5, 5.41) is 2.95. The highest BCUT2D eigenvalue weighted by Gasteiger charge is 2.15. The molecule has 0 aliphatic rings. The molecule has 0 radical (unpaired) electrons. The van der Waals surface area contributed by atoms with Crippen molar-refractivity contribution in [3.8, 4) is 0 Å². The van der Waals surface area contributed by atoms with Gasteiger partial charge in [-0.2, -0.15) is 0 Å². The molecule has 1 N–H and O–H groups in total. The van der Waals surface area contributed by atoms with Crippen molar-refractivity contribution in [1.29, 1.82) is 0 Å². The number of amides is 1. The SMILES string of the molecule is CC[C@H](NC(=O)c1ccccc1)c1ccco1. The maximum absolute atomic E-state index is 12.0. The van der Waals surface area contributed by atoms with Gasteiger partial charge in [0.25, 0.3) is 5.91 Å². The van der Waals surface area contributed by atoms with E-state index < -0.39 is 0 Å². The van der Waals surface area contributed by atoms with Crippen LogP contribution < -0.4 is 5.32 Å². The Labute approximate surface area is 100 Å². The fourth-order valence-corrected chi connectivity index (χ4v) is 1.70. The molecule has 0 bridgehead atoms. The van der Waals surface area contributed by atoms with Gasteiger partial charge in [-0.25, -0.2) is 0 Å². The first-order valence-corrected chi connectivity index (χ1v) is 5.70. The van der Waals surface area contributed by atoms with Crippen molar-refractivity contribution in [3.05, 3.63) is 60.1 Å². The number of hydrogen-bond donors (Lipinski definition) is 1. The Kier molecular flexibility index (Phi) is 3.60. The number of rotatable bonds is 4. The molecule has 1 aromatic carbocycles. The molecule has 0 saturated heterocycles. The second-order valence-corrected chi connectivity index (χ2v) is 3.82. The molecule has 1 aromatic heterocycles. The topological polar surface area (TPSA) is 42.2 Å². The maximum Gasteiger partial charge on any atom is 0.251 e. The predicted molar refractivity (Wildman–Crippen MR) is 65.6 cm³/mol. The lowest BCUT2D eigenvalue weighted by atomic mass is 10.1. The minimum Gasteiger partial charge on any atom is -0.467 e. The van der Waals surface area contributed by atoms with Crippen molar-refractivity contribution in [2.45, 2.75) is 19.4 Å². The molecular formula is C14H15NO2. The van der Waals surface area contributed by atoms with E-state index in [1.807, 2.05) is 37.3 Å². The number of benzene rings is 1. The largest absolute Gasteiger partial charge is 0.467 e. The Morgan fingerprint density at radius 2 is 2.00 bits per heavy atom. The summed E-state index contributed by atoms with van der Waals surface area (Å²) in [6.07, 6.45) is 2.42. The third kappa shape index (κ3) is 2.75. The van der Waals surface area contributed by atoms with Crippen LogP contribution in [0.4, 0.5) is 0 Å². The molecule has 0 fully saturated rings. The lowest BCUT2D eigenvalue weighted by Crippen LogP contribution is -2.27. The molecule has 0 aliphatic heterocycles. The summed E-state index contributed by atoms with van der Waals surface area (Å²) in [7, 11) is 0. The molecule has 2 aromatic rings. The number of hydrogen-bond acceptors (Lipinski definition) is 2. The molecule has 0 spiro atoms. The summed E-state index contributed by atoms with van der Waals surface area (Å²) < 4.78 is 5.31. The van der Waals surface area contributed by atoms with E-state index in [1.54, 1.807) is 18.4 Å². The molecule has 3 nitrogen and oxygen atoms in total. The zero-order chi connectivity index (χ0) is 12.1. The predicted octanol–water partition coefficient (Wildman–Crippen LogP) is 3.16. The molecule has 1 atom stereocenters. The number of carbonyl (C=O) groups excluding carboxylic acids is 1. The zero-order valence-electron chi connectivity index (χ0n) is 9.72. The van der Waals surface area contributed by atoms with Crippen molar-refractivity contribution < 1.29 is 9.21 Å². The van der Waals surface area contributed by atoms with Crippen LogP contribution in [0.1, 0.15) is 35.5 Å². The standard InChI is InChI=1S/C14H15NO2/c1-2-12(13-9-6-10-17-13)15-14(16)11-7-4-3-5-8-11/h3-10,12H,2H2,1H3,(H,15,16)/t12-/m0/s1. The second-order valence-electron chi connectivity index (χ2n) is 3.82. The van der Waals surface area contributed by atoms with Crippen LogP contribution in [0.5, 0.6) is 0 Å². The van der Waals surface area contributed by atoms with E-state index in [-0.39, 0.29) is 11.9 Å². The number of furan rings is 1. The number of carbonyl (C=O) groups is 1. The Bertz CT molecular complexity index is 462. The summed E-state index contributed by atoms with van der Waals surface area (Å²) in [5.41, 5.74) is 0.664. The minimum absolute atomic E-state index is 0.0716. The zero-order valence-corrected chi connectivity index (χ0v) is 9.72. The van der Waals surface area contributed by atoms with Crippen molar-refractivity contribution in [2.75, 3.05) is 0 Å². The van der Waals surface area contributed by atoms with Crippen LogP contribution in [0, 0.1) is 0 Å². The van der Waals surface area contributed by atoms with E-state index >= 15 is 0 Å². The molecule has 17 heavy (non-hydrogen) atoms. The fourth-order valence-electron chi connectivity index (χ4n) is 1.70. The van der Waals surface area contributed by atoms with E-state index in [0.29, 0.717) is 5.56 Å². The van der Waals surface area contributed by atoms with Crippen LogP contribution in [-0.4, -0.2) is 5.91 Å². The van der Waals surface area contributed by atoms with Gasteiger partial charge in [-0.3, -0.25) is 4.79 Å². The van der Waals surface area contributed by atoms with E-state index in [9.17, 15) is 4.79 Å². The molecule has 88 valence electrons. The van der Waals surface area contributed by atoms with Crippen molar-refractivity contribution >= 4 is 5.91 Å².